The lowest BCUT2D eigenvalue weighted by molar-refractivity contribution is -0.137. The minimum Gasteiger partial charge on any atom is -0.464 e. The number of ketones is 1. The highest BCUT2D eigenvalue weighted by Crippen LogP contribution is 2.22. The van der Waals surface area contributed by atoms with E-state index in [9.17, 15) is 9.59 Å². The summed E-state index contributed by atoms with van der Waals surface area (Å²) in [5.41, 5.74) is 1.36. The maximum Gasteiger partial charge on any atom is 0.333 e. The Labute approximate surface area is 106 Å². The second-order valence-corrected chi connectivity index (χ2v) is 3.68. The van der Waals surface area contributed by atoms with Gasteiger partial charge < -0.3 is 9.47 Å². The molecule has 1 aromatic carbocycles. The Morgan fingerprint density at radius 2 is 2.06 bits per heavy atom. The Morgan fingerprint density at radius 3 is 2.67 bits per heavy atom. The van der Waals surface area contributed by atoms with Crippen LogP contribution in [0.1, 0.15) is 29.8 Å². The predicted octanol–water partition coefficient (Wildman–Crippen LogP) is 2.65. The van der Waals surface area contributed by atoms with E-state index in [0.29, 0.717) is 17.9 Å². The topological polar surface area (TPSA) is 52.6 Å². The molecule has 4 nitrogen and oxygen atoms in total. The number of carbonyl (C=O) groups is 2. The molecule has 0 atom stereocenters. The molecule has 0 aromatic heterocycles. The number of ether oxygens (including phenoxy) is 2. The van der Waals surface area contributed by atoms with Crippen molar-refractivity contribution in [1.29, 1.82) is 0 Å². The van der Waals surface area contributed by atoms with Crippen LogP contribution < -0.4 is 4.74 Å². The average Bonchev–Trinajstić information content (AvgIpc) is 2.28. The molecule has 0 radical (unpaired) electrons. The molecule has 0 aliphatic carbocycles. The van der Waals surface area contributed by atoms with Crippen molar-refractivity contribution in [3.8, 4) is 5.75 Å². The van der Waals surface area contributed by atoms with Gasteiger partial charge in [0.15, 0.2) is 5.78 Å². The second-order valence-electron chi connectivity index (χ2n) is 3.68. The fourth-order valence-corrected chi connectivity index (χ4v) is 1.54. The molecule has 1 aromatic rings. The maximum absolute atomic E-state index is 11.5. The van der Waals surface area contributed by atoms with Crippen molar-refractivity contribution in [1.82, 2.24) is 0 Å². The fourth-order valence-electron chi connectivity index (χ4n) is 1.54. The van der Waals surface area contributed by atoms with Gasteiger partial charge >= 0.3 is 5.97 Å². The van der Waals surface area contributed by atoms with Crippen molar-refractivity contribution in [3.05, 3.63) is 41.7 Å². The van der Waals surface area contributed by atoms with E-state index in [4.69, 9.17) is 9.47 Å². The zero-order valence-electron chi connectivity index (χ0n) is 10.7. The van der Waals surface area contributed by atoms with Gasteiger partial charge in [-0.25, -0.2) is 4.79 Å². The van der Waals surface area contributed by atoms with E-state index in [-0.39, 0.29) is 5.78 Å². The lowest BCUT2D eigenvalue weighted by Crippen LogP contribution is -2.02. The number of hydrogen-bond acceptors (Lipinski definition) is 4. The Kier molecular flexibility index (Phi) is 5.11. The van der Waals surface area contributed by atoms with E-state index in [0.717, 1.165) is 5.56 Å². The van der Waals surface area contributed by atoms with E-state index in [1.807, 2.05) is 13.0 Å². The molecular weight excluding hydrogens is 232 g/mol. The number of carbonyl (C=O) groups excluding carboxylic acids is 2. The van der Waals surface area contributed by atoms with E-state index >= 15 is 0 Å². The average molecular weight is 248 g/mol. The molecule has 0 saturated carbocycles. The molecule has 0 aliphatic rings. The van der Waals surface area contributed by atoms with Gasteiger partial charge in [0, 0.05) is 0 Å². The number of benzene rings is 1. The summed E-state index contributed by atoms with van der Waals surface area (Å²) in [5.74, 6) is -0.120. The summed E-state index contributed by atoms with van der Waals surface area (Å²) in [6.45, 7) is 5.34. The Hall–Kier alpha value is -2.10. The van der Waals surface area contributed by atoms with Crippen LogP contribution in [-0.4, -0.2) is 18.4 Å². The monoisotopic (exact) mass is 248 g/mol. The first-order chi connectivity index (χ1) is 8.56. The van der Waals surface area contributed by atoms with Crippen LogP contribution >= 0.6 is 0 Å². The molecule has 96 valence electrons. The standard InChI is InChI=1S/C14H16O4/c1-4-17-13(16)8-9-18-12-7-5-6-10(2)14(12)11(3)15/h5-9H,4H2,1-3H3. The summed E-state index contributed by atoms with van der Waals surface area (Å²) in [6.07, 6.45) is 2.40. The zero-order valence-corrected chi connectivity index (χ0v) is 10.7. The third kappa shape index (κ3) is 3.73. The third-order valence-corrected chi connectivity index (χ3v) is 2.27. The molecule has 18 heavy (non-hydrogen) atoms. The smallest absolute Gasteiger partial charge is 0.333 e. The van der Waals surface area contributed by atoms with Gasteiger partial charge in [-0.1, -0.05) is 12.1 Å². The van der Waals surface area contributed by atoms with Crippen LogP contribution in [0.4, 0.5) is 0 Å². The molecule has 0 unspecified atom stereocenters. The van der Waals surface area contributed by atoms with Crippen LogP contribution in [0.25, 0.3) is 0 Å². The number of aryl methyl sites for hydroxylation is 1. The third-order valence-electron chi connectivity index (χ3n) is 2.27. The molecule has 0 fully saturated rings. The lowest BCUT2D eigenvalue weighted by atomic mass is 10.0. The normalized spacial score (nSPS) is 10.4. The highest BCUT2D eigenvalue weighted by Gasteiger charge is 2.10. The van der Waals surface area contributed by atoms with Gasteiger partial charge in [-0.2, -0.15) is 0 Å². The Balaban J connectivity index is 2.82. The number of Topliss-reactive ketones (excluding diaryl/α,β-unsaturated/α-hetero) is 1. The summed E-state index contributed by atoms with van der Waals surface area (Å²) in [4.78, 5) is 22.6. The second kappa shape index (κ2) is 6.59. The van der Waals surface area contributed by atoms with Crippen molar-refractivity contribution in [3.63, 3.8) is 0 Å². The maximum atomic E-state index is 11.5. The van der Waals surface area contributed by atoms with Crippen LogP contribution in [0.5, 0.6) is 5.75 Å². The molecule has 0 heterocycles. The molecule has 0 amide bonds. The first-order valence-corrected chi connectivity index (χ1v) is 5.66. The van der Waals surface area contributed by atoms with E-state index in [2.05, 4.69) is 0 Å². The summed E-state index contributed by atoms with van der Waals surface area (Å²) < 4.78 is 10.0. The number of hydrogen-bond donors (Lipinski definition) is 0. The number of rotatable bonds is 5. The molecule has 4 heteroatoms. The van der Waals surface area contributed by atoms with Gasteiger partial charge in [0.05, 0.1) is 24.5 Å². The molecular formula is C14H16O4. The fraction of sp³-hybridized carbons (Fsp3) is 0.286. The number of esters is 1. The molecule has 0 bridgehead atoms. The Bertz CT molecular complexity index is 475. The highest BCUT2D eigenvalue weighted by molar-refractivity contribution is 5.98. The first kappa shape index (κ1) is 14.0. The minimum atomic E-state index is -0.477. The van der Waals surface area contributed by atoms with E-state index < -0.39 is 5.97 Å². The van der Waals surface area contributed by atoms with Crippen molar-refractivity contribution in [2.24, 2.45) is 0 Å². The van der Waals surface area contributed by atoms with Gasteiger partial charge in [0.1, 0.15) is 5.75 Å². The van der Waals surface area contributed by atoms with Gasteiger partial charge in [-0.15, -0.1) is 0 Å². The summed E-state index contributed by atoms with van der Waals surface area (Å²) in [6, 6.07) is 5.30. The van der Waals surface area contributed by atoms with Crippen LogP contribution in [0.3, 0.4) is 0 Å². The summed E-state index contributed by atoms with van der Waals surface area (Å²) in [7, 11) is 0. The molecule has 0 aliphatic heterocycles. The molecule has 0 spiro atoms. The SMILES string of the molecule is CCOC(=O)C=COc1cccc(C)c1C(C)=O. The van der Waals surface area contributed by atoms with Gasteiger partial charge in [-0.05, 0) is 32.4 Å². The highest BCUT2D eigenvalue weighted by atomic mass is 16.5. The zero-order chi connectivity index (χ0) is 13.5. The molecule has 0 saturated heterocycles. The minimum absolute atomic E-state index is 0.0763. The van der Waals surface area contributed by atoms with Crippen molar-refractivity contribution < 1.29 is 19.1 Å². The largest absolute Gasteiger partial charge is 0.464 e. The molecule has 0 N–H and O–H groups in total. The van der Waals surface area contributed by atoms with Crippen molar-refractivity contribution >= 4 is 11.8 Å². The van der Waals surface area contributed by atoms with Crippen molar-refractivity contribution in [2.75, 3.05) is 6.61 Å². The van der Waals surface area contributed by atoms with E-state index in [1.54, 1.807) is 19.1 Å². The van der Waals surface area contributed by atoms with Gasteiger partial charge in [0.25, 0.3) is 0 Å². The van der Waals surface area contributed by atoms with Gasteiger partial charge in [0.2, 0.25) is 0 Å². The quantitative estimate of drug-likeness (QED) is 0.348. The summed E-state index contributed by atoms with van der Waals surface area (Å²) in [5, 5.41) is 0. The summed E-state index contributed by atoms with van der Waals surface area (Å²) >= 11 is 0. The van der Waals surface area contributed by atoms with Crippen molar-refractivity contribution in [2.45, 2.75) is 20.8 Å². The first-order valence-electron chi connectivity index (χ1n) is 5.66. The van der Waals surface area contributed by atoms with Crippen LogP contribution in [0.2, 0.25) is 0 Å². The Morgan fingerprint density at radius 1 is 1.33 bits per heavy atom. The van der Waals surface area contributed by atoms with Gasteiger partial charge in [-0.3, -0.25) is 4.79 Å². The lowest BCUT2D eigenvalue weighted by Gasteiger charge is -2.08. The van der Waals surface area contributed by atoms with Crippen LogP contribution in [-0.2, 0) is 9.53 Å². The molecule has 1 rings (SSSR count). The van der Waals surface area contributed by atoms with Crippen LogP contribution in [0, 0.1) is 6.92 Å². The van der Waals surface area contributed by atoms with E-state index in [1.165, 1.54) is 19.3 Å². The predicted molar refractivity (Wildman–Crippen MR) is 67.6 cm³/mol. The van der Waals surface area contributed by atoms with Crippen LogP contribution in [0.15, 0.2) is 30.5 Å².